The fourth-order valence-corrected chi connectivity index (χ4v) is 1.81. The van der Waals surface area contributed by atoms with Crippen LogP contribution in [0.4, 0.5) is 8.78 Å². The summed E-state index contributed by atoms with van der Waals surface area (Å²) in [6, 6.07) is 9.33. The van der Waals surface area contributed by atoms with Gasteiger partial charge in [0.25, 0.3) is 5.91 Å². The van der Waals surface area contributed by atoms with E-state index in [1.54, 1.807) is 12.1 Å². The van der Waals surface area contributed by atoms with Gasteiger partial charge in [-0.3, -0.25) is 4.79 Å². The minimum absolute atomic E-state index is 0.0524. The first-order chi connectivity index (χ1) is 9.06. The van der Waals surface area contributed by atoms with Gasteiger partial charge in [0.2, 0.25) is 0 Å². The molecule has 0 heterocycles. The summed E-state index contributed by atoms with van der Waals surface area (Å²) in [5, 5.41) is 2.68. The lowest BCUT2D eigenvalue weighted by Gasteiger charge is -2.07. The van der Waals surface area contributed by atoms with Crippen molar-refractivity contribution in [2.45, 2.75) is 6.54 Å². The molecule has 1 amide bonds. The van der Waals surface area contributed by atoms with Crippen LogP contribution in [-0.2, 0) is 6.54 Å². The molecule has 2 rings (SSSR count). The zero-order valence-electron chi connectivity index (χ0n) is 9.79. The molecule has 19 heavy (non-hydrogen) atoms. The summed E-state index contributed by atoms with van der Waals surface area (Å²) in [5.74, 6) is -1.24. The van der Waals surface area contributed by atoms with E-state index in [9.17, 15) is 13.6 Å². The highest BCUT2D eigenvalue weighted by molar-refractivity contribution is 6.33. The summed E-state index contributed by atoms with van der Waals surface area (Å²) in [4.78, 5) is 11.8. The predicted octanol–water partition coefficient (Wildman–Crippen LogP) is 3.55. The van der Waals surface area contributed by atoms with E-state index < -0.39 is 11.7 Å². The van der Waals surface area contributed by atoms with Crippen LogP contribution in [0.15, 0.2) is 42.5 Å². The molecule has 0 saturated heterocycles. The number of hydrogen-bond donors (Lipinski definition) is 1. The first kappa shape index (κ1) is 13.5. The zero-order valence-corrected chi connectivity index (χ0v) is 10.5. The number of benzene rings is 2. The second-order valence-electron chi connectivity index (χ2n) is 3.93. The molecule has 0 aliphatic rings. The van der Waals surface area contributed by atoms with E-state index in [0.717, 1.165) is 11.6 Å². The number of carbonyl (C=O) groups excluding carboxylic acids is 1. The van der Waals surface area contributed by atoms with Crippen molar-refractivity contribution in [2.24, 2.45) is 0 Å². The molecule has 1 N–H and O–H groups in total. The van der Waals surface area contributed by atoms with Gasteiger partial charge in [0.15, 0.2) is 0 Å². The third-order valence-corrected chi connectivity index (χ3v) is 2.85. The fourth-order valence-electron chi connectivity index (χ4n) is 1.55. The third kappa shape index (κ3) is 3.51. The van der Waals surface area contributed by atoms with Crippen LogP contribution in [-0.4, -0.2) is 5.91 Å². The molecule has 0 fully saturated rings. The van der Waals surface area contributed by atoms with Crippen LogP contribution in [0, 0.1) is 11.6 Å². The Bertz CT molecular complexity index is 599. The highest BCUT2D eigenvalue weighted by Crippen LogP contribution is 2.17. The normalized spacial score (nSPS) is 10.3. The van der Waals surface area contributed by atoms with Crippen molar-refractivity contribution in [2.75, 3.05) is 0 Å². The number of hydrogen-bond acceptors (Lipinski definition) is 1. The second kappa shape index (κ2) is 5.80. The highest BCUT2D eigenvalue weighted by atomic mass is 35.5. The summed E-state index contributed by atoms with van der Waals surface area (Å²) in [6.07, 6.45) is 0. The minimum atomic E-state index is -0.500. The molecular weight excluding hydrogens is 272 g/mol. The van der Waals surface area contributed by atoms with Crippen molar-refractivity contribution >= 4 is 17.5 Å². The summed E-state index contributed by atoms with van der Waals surface area (Å²) in [5.41, 5.74) is 0.957. The molecule has 5 heteroatoms. The van der Waals surface area contributed by atoms with E-state index in [1.165, 1.54) is 24.3 Å². The standard InChI is InChI=1S/C14H10ClF2NO/c15-13-7-11(17)5-6-12(13)14(19)18-8-9-1-3-10(16)4-2-9/h1-7H,8H2,(H,18,19). The Kier molecular flexibility index (Phi) is 4.12. The van der Waals surface area contributed by atoms with Gasteiger partial charge in [0.1, 0.15) is 11.6 Å². The number of carbonyl (C=O) groups is 1. The maximum atomic E-state index is 12.8. The molecule has 0 aromatic heterocycles. The largest absolute Gasteiger partial charge is 0.348 e. The smallest absolute Gasteiger partial charge is 0.253 e. The van der Waals surface area contributed by atoms with Crippen LogP contribution in [0.1, 0.15) is 15.9 Å². The van der Waals surface area contributed by atoms with Crippen molar-refractivity contribution < 1.29 is 13.6 Å². The molecule has 0 bridgehead atoms. The van der Waals surface area contributed by atoms with Crippen molar-refractivity contribution in [3.8, 4) is 0 Å². The number of amides is 1. The first-order valence-electron chi connectivity index (χ1n) is 5.54. The van der Waals surface area contributed by atoms with Crippen LogP contribution >= 0.6 is 11.6 Å². The third-order valence-electron chi connectivity index (χ3n) is 2.54. The zero-order chi connectivity index (χ0) is 13.8. The number of halogens is 3. The van der Waals surface area contributed by atoms with Crippen LogP contribution in [0.25, 0.3) is 0 Å². The van der Waals surface area contributed by atoms with Crippen LogP contribution in [0.5, 0.6) is 0 Å². The lowest BCUT2D eigenvalue weighted by molar-refractivity contribution is 0.0951. The topological polar surface area (TPSA) is 29.1 Å². The monoisotopic (exact) mass is 281 g/mol. The number of nitrogens with one attached hydrogen (secondary N) is 1. The highest BCUT2D eigenvalue weighted by Gasteiger charge is 2.10. The summed E-state index contributed by atoms with van der Waals surface area (Å²) in [7, 11) is 0. The average Bonchev–Trinajstić information content (AvgIpc) is 2.37. The van der Waals surface area contributed by atoms with Crippen molar-refractivity contribution in [1.29, 1.82) is 0 Å². The Balaban J connectivity index is 2.03. The quantitative estimate of drug-likeness (QED) is 0.916. The van der Waals surface area contributed by atoms with Gasteiger partial charge in [-0.15, -0.1) is 0 Å². The van der Waals surface area contributed by atoms with Crippen molar-refractivity contribution in [1.82, 2.24) is 5.32 Å². The van der Waals surface area contributed by atoms with Gasteiger partial charge in [0.05, 0.1) is 10.6 Å². The fraction of sp³-hybridized carbons (Fsp3) is 0.0714. The summed E-state index contributed by atoms with van der Waals surface area (Å²) >= 11 is 5.78. The Morgan fingerprint density at radius 3 is 2.32 bits per heavy atom. The predicted molar refractivity (Wildman–Crippen MR) is 69.0 cm³/mol. The van der Waals surface area contributed by atoms with E-state index >= 15 is 0 Å². The minimum Gasteiger partial charge on any atom is -0.348 e. The van der Waals surface area contributed by atoms with E-state index in [1.807, 2.05) is 0 Å². The molecule has 0 unspecified atom stereocenters. The van der Waals surface area contributed by atoms with Crippen LogP contribution in [0.2, 0.25) is 5.02 Å². The lowest BCUT2D eigenvalue weighted by Crippen LogP contribution is -2.23. The average molecular weight is 282 g/mol. The van der Waals surface area contributed by atoms with Gasteiger partial charge >= 0.3 is 0 Å². The van der Waals surface area contributed by atoms with Crippen LogP contribution < -0.4 is 5.32 Å². The molecule has 98 valence electrons. The number of rotatable bonds is 3. The Hall–Kier alpha value is -1.94. The maximum absolute atomic E-state index is 12.8. The molecule has 0 atom stereocenters. The van der Waals surface area contributed by atoms with Gasteiger partial charge in [-0.05, 0) is 35.9 Å². The van der Waals surface area contributed by atoms with Gasteiger partial charge in [0, 0.05) is 6.54 Å². The van der Waals surface area contributed by atoms with E-state index in [4.69, 9.17) is 11.6 Å². The Labute approximate surface area is 114 Å². The summed E-state index contributed by atoms with van der Waals surface area (Å²) < 4.78 is 25.5. The Morgan fingerprint density at radius 2 is 1.68 bits per heavy atom. The molecule has 2 nitrogen and oxygen atoms in total. The first-order valence-corrected chi connectivity index (χ1v) is 5.92. The molecule has 0 radical (unpaired) electrons. The molecule has 0 aliphatic heterocycles. The van der Waals surface area contributed by atoms with Gasteiger partial charge in [-0.1, -0.05) is 23.7 Å². The SMILES string of the molecule is O=C(NCc1ccc(F)cc1)c1ccc(F)cc1Cl. The molecule has 2 aromatic rings. The Morgan fingerprint density at radius 1 is 1.05 bits per heavy atom. The lowest BCUT2D eigenvalue weighted by atomic mass is 10.2. The van der Waals surface area contributed by atoms with E-state index in [-0.39, 0.29) is 22.9 Å². The van der Waals surface area contributed by atoms with E-state index in [2.05, 4.69) is 5.32 Å². The van der Waals surface area contributed by atoms with E-state index in [0.29, 0.717) is 0 Å². The van der Waals surface area contributed by atoms with Crippen molar-refractivity contribution in [3.05, 3.63) is 70.2 Å². The van der Waals surface area contributed by atoms with Gasteiger partial charge in [-0.25, -0.2) is 8.78 Å². The van der Waals surface area contributed by atoms with Crippen LogP contribution in [0.3, 0.4) is 0 Å². The van der Waals surface area contributed by atoms with Gasteiger partial charge < -0.3 is 5.32 Å². The second-order valence-corrected chi connectivity index (χ2v) is 4.34. The summed E-state index contributed by atoms with van der Waals surface area (Å²) in [6.45, 7) is 0.243. The van der Waals surface area contributed by atoms with Crippen molar-refractivity contribution in [3.63, 3.8) is 0 Å². The molecule has 0 saturated carbocycles. The molecule has 0 spiro atoms. The molecule has 0 aliphatic carbocycles. The molecular formula is C14H10ClF2NO. The van der Waals surface area contributed by atoms with Gasteiger partial charge in [-0.2, -0.15) is 0 Å². The molecule has 2 aromatic carbocycles. The maximum Gasteiger partial charge on any atom is 0.253 e.